The van der Waals surface area contributed by atoms with Gasteiger partial charge in [0.1, 0.15) is 5.82 Å². The molecule has 3 rings (SSSR count). The Hall–Kier alpha value is -2.84. The summed E-state index contributed by atoms with van der Waals surface area (Å²) in [6, 6.07) is 2.19. The molecule has 0 aliphatic carbocycles. The Morgan fingerprint density at radius 3 is 2.45 bits per heavy atom. The molecule has 2 heterocycles. The van der Waals surface area contributed by atoms with Gasteiger partial charge in [-0.05, 0) is 12.1 Å². The highest BCUT2D eigenvalue weighted by Crippen LogP contribution is 2.29. The summed E-state index contributed by atoms with van der Waals surface area (Å²) in [6.45, 7) is 0. The minimum Gasteiger partial charge on any atom is -0.313 e. The molecule has 1 N–H and O–H groups in total. The zero-order valence-electron chi connectivity index (χ0n) is 10.6. The van der Waals surface area contributed by atoms with Crippen molar-refractivity contribution >= 4 is 10.9 Å². The molecule has 1 aromatic carbocycles. The van der Waals surface area contributed by atoms with E-state index < -0.39 is 23.2 Å². The molecular formula is C13H6F4N4O. The molecule has 0 saturated carbocycles. The van der Waals surface area contributed by atoms with Gasteiger partial charge in [-0.15, -0.1) is 0 Å². The van der Waals surface area contributed by atoms with Crippen LogP contribution in [0.4, 0.5) is 17.6 Å². The van der Waals surface area contributed by atoms with Crippen molar-refractivity contribution in [3.8, 4) is 11.3 Å². The Balaban J connectivity index is 2.14. The highest BCUT2D eigenvalue weighted by Gasteiger charge is 2.32. The molecule has 22 heavy (non-hydrogen) atoms. The number of nitrogens with one attached hydrogen (secondary N) is 1. The molecule has 112 valence electrons. The van der Waals surface area contributed by atoms with Crippen LogP contribution in [0.5, 0.6) is 0 Å². The molecule has 0 radical (unpaired) electrons. The average molecular weight is 310 g/mol. The Labute approximate surface area is 119 Å². The number of benzene rings is 1. The first kappa shape index (κ1) is 14.1. The monoisotopic (exact) mass is 310 g/mol. The van der Waals surface area contributed by atoms with Crippen LogP contribution in [0.25, 0.3) is 22.2 Å². The van der Waals surface area contributed by atoms with Gasteiger partial charge in [0, 0.05) is 5.56 Å². The first-order valence-electron chi connectivity index (χ1n) is 5.93. The first-order chi connectivity index (χ1) is 10.4. The second-order valence-corrected chi connectivity index (χ2v) is 4.37. The maximum atomic E-state index is 14.0. The highest BCUT2D eigenvalue weighted by molar-refractivity contribution is 5.82. The third kappa shape index (κ3) is 2.41. The number of aromatic nitrogens is 4. The summed E-state index contributed by atoms with van der Waals surface area (Å²) in [5.41, 5.74) is -1.68. The number of rotatable bonds is 1. The molecule has 0 saturated heterocycles. The summed E-state index contributed by atoms with van der Waals surface area (Å²) in [4.78, 5) is 24.5. The van der Waals surface area contributed by atoms with Crippen LogP contribution in [-0.4, -0.2) is 19.9 Å². The Bertz CT molecular complexity index is 903. The van der Waals surface area contributed by atoms with E-state index in [1.807, 2.05) is 0 Å². The van der Waals surface area contributed by atoms with Crippen molar-refractivity contribution in [2.24, 2.45) is 0 Å². The summed E-state index contributed by atoms with van der Waals surface area (Å²) in [5, 5.41) is 0.0311. The molecule has 0 aliphatic rings. The molecule has 9 heteroatoms. The van der Waals surface area contributed by atoms with E-state index in [1.54, 1.807) is 0 Å². The quantitative estimate of drug-likeness (QED) is 0.701. The van der Waals surface area contributed by atoms with Crippen molar-refractivity contribution in [1.82, 2.24) is 19.9 Å². The van der Waals surface area contributed by atoms with Crippen molar-refractivity contribution in [2.45, 2.75) is 6.18 Å². The van der Waals surface area contributed by atoms with Gasteiger partial charge in [0.15, 0.2) is 5.69 Å². The maximum absolute atomic E-state index is 14.0. The smallest absolute Gasteiger partial charge is 0.313 e. The summed E-state index contributed by atoms with van der Waals surface area (Å²) in [7, 11) is 0. The third-order valence-electron chi connectivity index (χ3n) is 2.95. The van der Waals surface area contributed by atoms with Crippen LogP contribution >= 0.6 is 0 Å². The van der Waals surface area contributed by atoms with Crippen molar-refractivity contribution in [1.29, 1.82) is 0 Å². The summed E-state index contributed by atoms with van der Waals surface area (Å²) in [6.07, 6.45) is -2.14. The number of aromatic amines is 1. The average Bonchev–Trinajstić information content (AvgIpc) is 2.47. The molecule has 3 aromatic rings. The fraction of sp³-hybridized carbons (Fsp3) is 0.0769. The lowest BCUT2D eigenvalue weighted by Gasteiger charge is -2.07. The van der Waals surface area contributed by atoms with Crippen molar-refractivity contribution in [3.63, 3.8) is 0 Å². The Morgan fingerprint density at radius 2 is 1.82 bits per heavy atom. The van der Waals surface area contributed by atoms with Crippen molar-refractivity contribution < 1.29 is 17.6 Å². The van der Waals surface area contributed by atoms with E-state index in [2.05, 4.69) is 19.9 Å². The molecule has 0 fully saturated rings. The van der Waals surface area contributed by atoms with Gasteiger partial charge in [0.25, 0.3) is 5.56 Å². The minimum absolute atomic E-state index is 0.0311. The molecule has 0 spiro atoms. The van der Waals surface area contributed by atoms with Crippen LogP contribution < -0.4 is 5.56 Å². The highest BCUT2D eigenvalue weighted by atomic mass is 19.4. The van der Waals surface area contributed by atoms with E-state index in [-0.39, 0.29) is 22.2 Å². The number of H-pyrrole nitrogens is 1. The zero-order chi connectivity index (χ0) is 15.9. The number of hydrogen-bond acceptors (Lipinski definition) is 4. The van der Waals surface area contributed by atoms with Crippen LogP contribution in [0.1, 0.15) is 5.69 Å². The number of fused-ring (bicyclic) bond motifs is 1. The minimum atomic E-state index is -4.62. The summed E-state index contributed by atoms with van der Waals surface area (Å²) >= 11 is 0. The van der Waals surface area contributed by atoms with Crippen LogP contribution in [-0.2, 0) is 6.18 Å². The van der Waals surface area contributed by atoms with Crippen molar-refractivity contribution in [3.05, 3.63) is 52.7 Å². The van der Waals surface area contributed by atoms with Gasteiger partial charge < -0.3 is 4.98 Å². The molecule has 5 nitrogen and oxygen atoms in total. The normalized spacial score (nSPS) is 11.8. The van der Waals surface area contributed by atoms with E-state index in [9.17, 15) is 22.4 Å². The number of hydrogen-bond donors (Lipinski definition) is 1. The zero-order valence-corrected chi connectivity index (χ0v) is 10.6. The number of halogens is 4. The van der Waals surface area contributed by atoms with Gasteiger partial charge in [-0.3, -0.25) is 9.78 Å². The molecule has 2 aromatic heterocycles. The van der Waals surface area contributed by atoms with E-state index in [0.717, 1.165) is 18.6 Å². The topological polar surface area (TPSA) is 71.5 Å². The van der Waals surface area contributed by atoms with E-state index in [4.69, 9.17) is 0 Å². The first-order valence-corrected chi connectivity index (χ1v) is 5.93. The maximum Gasteiger partial charge on any atom is 0.434 e. The standard InChI is InChI=1S/C13H6F4N4O/c14-8-1-7-9(20-5-21-12(7)22)2-6(8)10-3-19-11(4-18-10)13(15,16)17/h1-5H,(H,20,21,22). The number of alkyl halides is 3. The van der Waals surface area contributed by atoms with Crippen LogP contribution in [0, 0.1) is 5.82 Å². The van der Waals surface area contributed by atoms with Gasteiger partial charge in [-0.1, -0.05) is 0 Å². The predicted octanol–water partition coefficient (Wildman–Crippen LogP) is 2.54. The van der Waals surface area contributed by atoms with Gasteiger partial charge >= 0.3 is 6.18 Å². The van der Waals surface area contributed by atoms with Crippen LogP contribution in [0.2, 0.25) is 0 Å². The largest absolute Gasteiger partial charge is 0.434 e. The second-order valence-electron chi connectivity index (χ2n) is 4.37. The molecule has 0 aliphatic heterocycles. The molecule has 0 amide bonds. The molecule has 0 unspecified atom stereocenters. The van der Waals surface area contributed by atoms with Gasteiger partial charge in [0.2, 0.25) is 0 Å². The Morgan fingerprint density at radius 1 is 1.05 bits per heavy atom. The van der Waals surface area contributed by atoms with Crippen molar-refractivity contribution in [2.75, 3.05) is 0 Å². The molecular weight excluding hydrogens is 304 g/mol. The number of nitrogens with zero attached hydrogens (tertiary/aromatic N) is 3. The van der Waals surface area contributed by atoms with E-state index in [1.165, 1.54) is 6.07 Å². The Kier molecular flexibility index (Phi) is 3.12. The predicted molar refractivity (Wildman–Crippen MR) is 68.3 cm³/mol. The van der Waals surface area contributed by atoms with Crippen LogP contribution in [0.15, 0.2) is 35.6 Å². The molecule has 0 atom stereocenters. The summed E-state index contributed by atoms with van der Waals surface area (Å²) < 4.78 is 51.3. The second kappa shape index (κ2) is 4.86. The van der Waals surface area contributed by atoms with Gasteiger partial charge in [0.05, 0.1) is 35.3 Å². The van der Waals surface area contributed by atoms with E-state index >= 15 is 0 Å². The van der Waals surface area contributed by atoms with E-state index in [0.29, 0.717) is 6.20 Å². The lowest BCUT2D eigenvalue weighted by atomic mass is 10.1. The SMILES string of the molecule is O=c1[nH]cnc2cc(-c3cnc(C(F)(F)F)cn3)c(F)cc12. The van der Waals surface area contributed by atoms with Gasteiger partial charge in [-0.25, -0.2) is 14.4 Å². The lowest BCUT2D eigenvalue weighted by Crippen LogP contribution is -2.09. The fourth-order valence-electron chi connectivity index (χ4n) is 1.90. The third-order valence-corrected chi connectivity index (χ3v) is 2.95. The lowest BCUT2D eigenvalue weighted by molar-refractivity contribution is -0.141. The fourth-order valence-corrected chi connectivity index (χ4v) is 1.90. The van der Waals surface area contributed by atoms with Gasteiger partial charge in [-0.2, -0.15) is 13.2 Å². The molecule has 0 bridgehead atoms. The summed E-state index contributed by atoms with van der Waals surface area (Å²) in [5.74, 6) is -0.806. The van der Waals surface area contributed by atoms with Crippen LogP contribution in [0.3, 0.4) is 0 Å².